The molecular weight excluding hydrogens is 246 g/mol. The third kappa shape index (κ3) is 6.17. The highest BCUT2D eigenvalue weighted by Gasteiger charge is 2.14. The molecule has 1 heterocycles. The molecule has 3 nitrogen and oxygen atoms in total. The van der Waals surface area contributed by atoms with Crippen molar-refractivity contribution in [3.63, 3.8) is 0 Å². The fourth-order valence-electron chi connectivity index (χ4n) is 1.55. The zero-order valence-corrected chi connectivity index (χ0v) is 12.7. The molecule has 1 aromatic rings. The molecule has 1 amide bonds. The second-order valence-corrected chi connectivity index (χ2v) is 6.96. The zero-order chi connectivity index (χ0) is 13.8. The van der Waals surface area contributed by atoms with Crippen LogP contribution in [0.15, 0.2) is 12.1 Å². The number of hydrogen-bond acceptors (Lipinski definition) is 3. The first-order valence-corrected chi connectivity index (χ1v) is 7.06. The van der Waals surface area contributed by atoms with Crippen molar-refractivity contribution in [2.75, 3.05) is 6.61 Å². The van der Waals surface area contributed by atoms with Crippen LogP contribution >= 0.6 is 11.3 Å². The smallest absolute Gasteiger partial charge is 0.246 e. The van der Waals surface area contributed by atoms with E-state index >= 15 is 0 Å². The van der Waals surface area contributed by atoms with Crippen LogP contribution in [0.5, 0.6) is 0 Å². The first-order chi connectivity index (χ1) is 8.26. The summed E-state index contributed by atoms with van der Waals surface area (Å²) in [6.07, 6.45) is 0.875. The predicted octanol–water partition coefficient (Wildman–Crippen LogP) is 2.92. The summed E-state index contributed by atoms with van der Waals surface area (Å²) in [7, 11) is 0. The van der Waals surface area contributed by atoms with Gasteiger partial charge in [-0.05, 0) is 46.8 Å². The second kappa shape index (κ2) is 6.34. The molecule has 1 unspecified atom stereocenters. The number of carbonyl (C=O) groups excluding carboxylic acids is 1. The van der Waals surface area contributed by atoms with Gasteiger partial charge in [0.1, 0.15) is 6.61 Å². The van der Waals surface area contributed by atoms with Crippen molar-refractivity contribution >= 4 is 17.2 Å². The lowest BCUT2D eigenvalue weighted by Crippen LogP contribution is -2.38. The van der Waals surface area contributed by atoms with Crippen molar-refractivity contribution in [1.82, 2.24) is 5.32 Å². The Bertz CT molecular complexity index is 393. The molecule has 0 fully saturated rings. The van der Waals surface area contributed by atoms with E-state index in [1.807, 2.05) is 27.7 Å². The van der Waals surface area contributed by atoms with Crippen molar-refractivity contribution in [3.8, 4) is 0 Å². The van der Waals surface area contributed by atoms with E-state index in [2.05, 4.69) is 24.4 Å². The Morgan fingerprint density at radius 2 is 2.11 bits per heavy atom. The van der Waals surface area contributed by atoms with Crippen LogP contribution in [0.25, 0.3) is 0 Å². The topological polar surface area (TPSA) is 38.3 Å². The van der Waals surface area contributed by atoms with E-state index in [1.54, 1.807) is 11.3 Å². The first-order valence-electron chi connectivity index (χ1n) is 6.25. The second-order valence-electron chi connectivity index (χ2n) is 5.59. The van der Waals surface area contributed by atoms with Crippen molar-refractivity contribution in [3.05, 3.63) is 21.9 Å². The normalized spacial score (nSPS) is 13.4. The lowest BCUT2D eigenvalue weighted by molar-refractivity contribution is -0.131. The number of rotatable bonds is 5. The highest BCUT2D eigenvalue weighted by Crippen LogP contribution is 2.16. The fourth-order valence-corrected chi connectivity index (χ4v) is 2.57. The van der Waals surface area contributed by atoms with E-state index in [-0.39, 0.29) is 24.2 Å². The van der Waals surface area contributed by atoms with Crippen molar-refractivity contribution in [2.45, 2.75) is 52.7 Å². The molecule has 0 aromatic carbocycles. The van der Waals surface area contributed by atoms with Crippen molar-refractivity contribution in [1.29, 1.82) is 0 Å². The Balaban J connectivity index is 2.31. The predicted molar refractivity (Wildman–Crippen MR) is 76.1 cm³/mol. The van der Waals surface area contributed by atoms with Crippen LogP contribution in [0.4, 0.5) is 0 Å². The summed E-state index contributed by atoms with van der Waals surface area (Å²) in [5.41, 5.74) is -0.272. The molecule has 1 rings (SSSR count). The lowest BCUT2D eigenvalue weighted by atomic mass is 10.2. The van der Waals surface area contributed by atoms with Gasteiger partial charge in [0, 0.05) is 22.2 Å². The standard InChI is InChI=1S/C14H23NO2S/c1-10(8-12-7-6-11(2)18-12)15-13(16)9-17-14(3,4)5/h6-7,10H,8-9H2,1-5H3,(H,15,16). The van der Waals surface area contributed by atoms with Gasteiger partial charge in [0.25, 0.3) is 0 Å². The van der Waals surface area contributed by atoms with Crippen molar-refractivity contribution < 1.29 is 9.53 Å². The van der Waals surface area contributed by atoms with Crippen LogP contribution in [0.1, 0.15) is 37.4 Å². The van der Waals surface area contributed by atoms with Crippen LogP contribution < -0.4 is 5.32 Å². The van der Waals surface area contributed by atoms with Crippen LogP contribution in [-0.2, 0) is 16.0 Å². The minimum absolute atomic E-state index is 0.0503. The lowest BCUT2D eigenvalue weighted by Gasteiger charge is -2.20. The maximum atomic E-state index is 11.7. The molecule has 1 aromatic heterocycles. The minimum atomic E-state index is -0.272. The Morgan fingerprint density at radius 3 is 2.61 bits per heavy atom. The van der Waals surface area contributed by atoms with Crippen LogP contribution in [0.2, 0.25) is 0 Å². The Labute approximate surface area is 114 Å². The molecule has 1 N–H and O–H groups in total. The maximum Gasteiger partial charge on any atom is 0.246 e. The largest absolute Gasteiger partial charge is 0.366 e. The van der Waals surface area contributed by atoms with E-state index < -0.39 is 0 Å². The van der Waals surface area contributed by atoms with E-state index in [0.717, 1.165) is 6.42 Å². The number of thiophene rings is 1. The minimum Gasteiger partial charge on any atom is -0.366 e. The molecule has 0 saturated carbocycles. The van der Waals surface area contributed by atoms with Gasteiger partial charge in [0.05, 0.1) is 5.60 Å². The summed E-state index contributed by atoms with van der Waals surface area (Å²) in [5, 5.41) is 2.95. The van der Waals surface area contributed by atoms with Gasteiger partial charge >= 0.3 is 0 Å². The number of hydrogen-bond donors (Lipinski definition) is 1. The average molecular weight is 269 g/mol. The number of aryl methyl sites for hydroxylation is 1. The molecule has 4 heteroatoms. The number of carbonyl (C=O) groups is 1. The molecular formula is C14H23NO2S. The third-order valence-corrected chi connectivity index (χ3v) is 3.37. The molecule has 0 radical (unpaired) electrons. The highest BCUT2D eigenvalue weighted by atomic mass is 32.1. The van der Waals surface area contributed by atoms with Crippen molar-refractivity contribution in [2.24, 2.45) is 0 Å². The molecule has 0 bridgehead atoms. The Morgan fingerprint density at radius 1 is 1.44 bits per heavy atom. The summed E-state index contributed by atoms with van der Waals surface area (Å²) in [6, 6.07) is 4.37. The van der Waals surface area contributed by atoms with Gasteiger partial charge in [0.15, 0.2) is 0 Å². The monoisotopic (exact) mass is 269 g/mol. The SMILES string of the molecule is Cc1ccc(CC(C)NC(=O)COC(C)(C)C)s1. The molecule has 102 valence electrons. The summed E-state index contributed by atoms with van der Waals surface area (Å²) in [5.74, 6) is -0.0503. The van der Waals surface area contributed by atoms with Gasteiger partial charge in [-0.2, -0.15) is 0 Å². The van der Waals surface area contributed by atoms with E-state index in [4.69, 9.17) is 4.74 Å². The quantitative estimate of drug-likeness (QED) is 0.892. The van der Waals surface area contributed by atoms with Gasteiger partial charge < -0.3 is 10.1 Å². The Kier molecular flexibility index (Phi) is 5.35. The fraction of sp³-hybridized carbons (Fsp3) is 0.643. The number of amides is 1. The van der Waals surface area contributed by atoms with Gasteiger partial charge in [-0.15, -0.1) is 11.3 Å². The van der Waals surface area contributed by atoms with Gasteiger partial charge in [0.2, 0.25) is 5.91 Å². The van der Waals surface area contributed by atoms with Crippen LogP contribution in [0.3, 0.4) is 0 Å². The van der Waals surface area contributed by atoms with Gasteiger partial charge in [-0.3, -0.25) is 4.79 Å². The van der Waals surface area contributed by atoms with Gasteiger partial charge in [-0.25, -0.2) is 0 Å². The third-order valence-electron chi connectivity index (χ3n) is 2.35. The number of nitrogens with one attached hydrogen (secondary N) is 1. The van der Waals surface area contributed by atoms with Crippen LogP contribution in [-0.4, -0.2) is 24.2 Å². The first kappa shape index (κ1) is 15.2. The highest BCUT2D eigenvalue weighted by molar-refractivity contribution is 7.11. The zero-order valence-electron chi connectivity index (χ0n) is 11.9. The van der Waals surface area contributed by atoms with Gasteiger partial charge in [-0.1, -0.05) is 0 Å². The van der Waals surface area contributed by atoms with E-state index in [0.29, 0.717) is 0 Å². The summed E-state index contributed by atoms with van der Waals surface area (Å²) in [4.78, 5) is 14.3. The molecule has 1 atom stereocenters. The maximum absolute atomic E-state index is 11.7. The van der Waals surface area contributed by atoms with E-state index in [9.17, 15) is 4.79 Å². The molecule has 0 aliphatic rings. The molecule has 0 aliphatic heterocycles. The average Bonchev–Trinajstić information content (AvgIpc) is 2.59. The molecule has 18 heavy (non-hydrogen) atoms. The Hall–Kier alpha value is -0.870. The van der Waals surface area contributed by atoms with E-state index in [1.165, 1.54) is 9.75 Å². The summed E-state index contributed by atoms with van der Waals surface area (Å²) in [6.45, 7) is 10.1. The number of ether oxygens (including phenoxy) is 1. The summed E-state index contributed by atoms with van der Waals surface area (Å²) >= 11 is 1.78. The molecule has 0 spiro atoms. The summed E-state index contributed by atoms with van der Waals surface area (Å²) < 4.78 is 5.44. The molecule has 0 saturated heterocycles. The molecule has 0 aliphatic carbocycles. The van der Waals surface area contributed by atoms with Crippen LogP contribution in [0, 0.1) is 6.92 Å².